The van der Waals surface area contributed by atoms with E-state index in [1.807, 2.05) is 30.3 Å². The molecule has 1 heterocycles. The number of para-hydroxylation sites is 1. The van der Waals surface area contributed by atoms with Gasteiger partial charge in [0.2, 0.25) is 0 Å². The lowest BCUT2D eigenvalue weighted by molar-refractivity contribution is 0.187. The molecule has 0 spiro atoms. The summed E-state index contributed by atoms with van der Waals surface area (Å²) < 4.78 is 37.2. The fourth-order valence-corrected chi connectivity index (χ4v) is 6.96. The van der Waals surface area contributed by atoms with E-state index in [4.69, 9.17) is 9.47 Å². The van der Waals surface area contributed by atoms with Crippen LogP contribution >= 0.6 is 22.6 Å². The van der Waals surface area contributed by atoms with Crippen LogP contribution in [0.4, 0.5) is 0 Å². The number of hydrogen-bond donors (Lipinski definition) is 3. The topological polar surface area (TPSA) is 113 Å². The molecule has 36 heavy (non-hydrogen) atoms. The highest BCUT2D eigenvalue weighted by atomic mass is 127. The maximum absolute atomic E-state index is 12.7. The van der Waals surface area contributed by atoms with E-state index >= 15 is 0 Å². The number of hydrogen-bond acceptors (Lipinski definition) is 7. The molecule has 9 heteroatoms. The second-order valence-corrected chi connectivity index (χ2v) is 12.1. The van der Waals surface area contributed by atoms with E-state index in [1.54, 1.807) is 18.2 Å². The van der Waals surface area contributed by atoms with Crippen LogP contribution in [0.2, 0.25) is 0 Å². The summed E-state index contributed by atoms with van der Waals surface area (Å²) in [5, 5.41) is 30.0. The van der Waals surface area contributed by atoms with Crippen LogP contribution in [0.15, 0.2) is 59.2 Å². The van der Waals surface area contributed by atoms with Gasteiger partial charge in [-0.1, -0.05) is 43.2 Å². The van der Waals surface area contributed by atoms with Crippen molar-refractivity contribution in [3.8, 4) is 17.2 Å². The fourth-order valence-electron chi connectivity index (χ4n) is 4.46. The lowest BCUT2D eigenvalue weighted by atomic mass is 9.93. The summed E-state index contributed by atoms with van der Waals surface area (Å²) in [6.45, 7) is 1.53. The number of benzene rings is 2. The van der Waals surface area contributed by atoms with Gasteiger partial charge in [0.15, 0.2) is 21.3 Å². The van der Waals surface area contributed by atoms with Crippen molar-refractivity contribution in [1.29, 1.82) is 0 Å². The molecule has 2 aromatic rings. The first kappa shape index (κ1) is 28.5. The van der Waals surface area contributed by atoms with Crippen LogP contribution in [0.3, 0.4) is 0 Å². The fraction of sp³-hybridized carbons (Fsp3) is 0.407. The molecule has 0 saturated carbocycles. The Morgan fingerprint density at radius 3 is 2.58 bits per heavy atom. The van der Waals surface area contributed by atoms with Gasteiger partial charge in [-0.2, -0.15) is 0 Å². The standard InChI is InChI=1S/C27H33IO7S/c1-3-7-18(12-19-13-22(28)27(31)24(14-19)34-2)10-11-23(30)26-20(17-36(32,33)25(26)15-29)16-35-21-8-5-4-6-9-21/h4-6,8-9,12-14,23,25,29-31H,3,7,10-11,15-17H2,1-2H3/b18-12+/t23-,25+/m1/s1. The molecular weight excluding hydrogens is 595 g/mol. The molecule has 0 bridgehead atoms. The van der Waals surface area contributed by atoms with Crippen LogP contribution in [-0.4, -0.2) is 61.2 Å². The number of phenolic OH excluding ortho intramolecular Hbond substituents is 1. The number of ether oxygens (including phenoxy) is 2. The smallest absolute Gasteiger partial charge is 0.171 e. The van der Waals surface area contributed by atoms with Crippen LogP contribution in [0.1, 0.15) is 38.2 Å². The van der Waals surface area contributed by atoms with Crippen LogP contribution in [0, 0.1) is 3.57 Å². The van der Waals surface area contributed by atoms with E-state index in [0.29, 0.717) is 39.1 Å². The Bertz CT molecular complexity index is 1210. The van der Waals surface area contributed by atoms with Gasteiger partial charge in [0, 0.05) is 0 Å². The largest absolute Gasteiger partial charge is 0.504 e. The summed E-state index contributed by atoms with van der Waals surface area (Å²) in [6, 6.07) is 12.7. The molecule has 3 N–H and O–H groups in total. The number of phenols is 1. The van der Waals surface area contributed by atoms with Gasteiger partial charge in [-0.25, -0.2) is 8.42 Å². The van der Waals surface area contributed by atoms with E-state index < -0.39 is 27.8 Å². The molecule has 0 aliphatic carbocycles. The zero-order valence-corrected chi connectivity index (χ0v) is 23.5. The normalized spacial score (nSPS) is 18.4. The van der Waals surface area contributed by atoms with Gasteiger partial charge in [-0.3, -0.25) is 0 Å². The van der Waals surface area contributed by atoms with Gasteiger partial charge in [-0.05, 0) is 82.8 Å². The molecule has 0 saturated heterocycles. The Labute approximate surface area is 226 Å². The number of allylic oxidation sites excluding steroid dienone is 1. The Morgan fingerprint density at radius 1 is 1.22 bits per heavy atom. The third-order valence-electron chi connectivity index (χ3n) is 6.20. The average molecular weight is 629 g/mol. The molecule has 7 nitrogen and oxygen atoms in total. The molecule has 0 amide bonds. The summed E-state index contributed by atoms with van der Waals surface area (Å²) in [4.78, 5) is 0. The lowest BCUT2D eigenvalue weighted by Gasteiger charge is -2.20. The number of methoxy groups -OCH3 is 1. The van der Waals surface area contributed by atoms with Crippen LogP contribution in [0.5, 0.6) is 17.2 Å². The second kappa shape index (κ2) is 12.9. The van der Waals surface area contributed by atoms with Gasteiger partial charge in [0.05, 0.1) is 29.1 Å². The van der Waals surface area contributed by atoms with Crippen molar-refractivity contribution < 1.29 is 33.2 Å². The number of halogens is 1. The number of aliphatic hydroxyl groups excluding tert-OH is 2. The van der Waals surface area contributed by atoms with Crippen molar-refractivity contribution in [3.05, 3.63) is 68.3 Å². The maximum Gasteiger partial charge on any atom is 0.171 e. The van der Waals surface area contributed by atoms with Crippen molar-refractivity contribution in [2.75, 3.05) is 26.1 Å². The molecule has 0 unspecified atom stereocenters. The molecule has 2 atom stereocenters. The monoisotopic (exact) mass is 628 g/mol. The van der Waals surface area contributed by atoms with Crippen molar-refractivity contribution in [3.63, 3.8) is 0 Å². The highest BCUT2D eigenvalue weighted by molar-refractivity contribution is 14.1. The minimum atomic E-state index is -3.62. The first-order valence-electron chi connectivity index (χ1n) is 11.9. The van der Waals surface area contributed by atoms with E-state index in [1.165, 1.54) is 7.11 Å². The van der Waals surface area contributed by atoms with Crippen LogP contribution in [-0.2, 0) is 9.84 Å². The molecular formula is C27H33IO7S. The Kier molecular flexibility index (Phi) is 10.2. The van der Waals surface area contributed by atoms with Crippen LogP contribution < -0.4 is 9.47 Å². The molecule has 196 valence electrons. The third-order valence-corrected chi connectivity index (χ3v) is 9.04. The summed E-state index contributed by atoms with van der Waals surface area (Å²) in [5.74, 6) is 0.855. The first-order valence-corrected chi connectivity index (χ1v) is 14.7. The van der Waals surface area contributed by atoms with E-state index in [2.05, 4.69) is 29.5 Å². The molecule has 1 aliphatic rings. The highest BCUT2D eigenvalue weighted by Gasteiger charge is 2.41. The van der Waals surface area contributed by atoms with E-state index in [-0.39, 0.29) is 18.1 Å². The minimum absolute atomic E-state index is 0.0372. The quantitative estimate of drug-likeness (QED) is 0.235. The van der Waals surface area contributed by atoms with Crippen LogP contribution in [0.25, 0.3) is 6.08 Å². The lowest BCUT2D eigenvalue weighted by Crippen LogP contribution is -2.29. The molecule has 1 aliphatic heterocycles. The predicted octanol–water partition coefficient (Wildman–Crippen LogP) is 4.49. The number of rotatable bonds is 12. The summed E-state index contributed by atoms with van der Waals surface area (Å²) in [5.41, 5.74) is 2.82. The Morgan fingerprint density at radius 2 is 1.94 bits per heavy atom. The predicted molar refractivity (Wildman–Crippen MR) is 149 cm³/mol. The van der Waals surface area contributed by atoms with Crippen molar-refractivity contribution in [2.45, 2.75) is 44.0 Å². The average Bonchev–Trinajstić information content (AvgIpc) is 3.13. The number of aromatic hydroxyl groups is 1. The van der Waals surface area contributed by atoms with Gasteiger partial charge in [0.25, 0.3) is 0 Å². The molecule has 0 aromatic heterocycles. The molecule has 0 fully saturated rings. The Hall–Kier alpha value is -2.08. The van der Waals surface area contributed by atoms with Crippen molar-refractivity contribution in [2.24, 2.45) is 0 Å². The van der Waals surface area contributed by atoms with Gasteiger partial charge >= 0.3 is 0 Å². The summed E-state index contributed by atoms with van der Waals surface area (Å²) in [6.07, 6.45) is 3.56. The molecule has 2 aromatic carbocycles. The molecule has 3 rings (SSSR count). The van der Waals surface area contributed by atoms with Crippen molar-refractivity contribution in [1.82, 2.24) is 0 Å². The SMILES string of the molecule is CCC/C(=C\c1cc(I)c(O)c(OC)c1)CC[C@@H](O)C1=C(COc2ccccc2)CS(=O)(=O)[C@H]1CO. The van der Waals surface area contributed by atoms with Gasteiger partial charge in [0.1, 0.15) is 17.6 Å². The summed E-state index contributed by atoms with van der Waals surface area (Å²) in [7, 11) is -2.11. The third kappa shape index (κ3) is 7.02. The molecule has 0 radical (unpaired) electrons. The zero-order chi connectivity index (χ0) is 26.3. The minimum Gasteiger partial charge on any atom is -0.504 e. The second-order valence-electron chi connectivity index (χ2n) is 8.80. The summed E-state index contributed by atoms with van der Waals surface area (Å²) >= 11 is 2.05. The van der Waals surface area contributed by atoms with E-state index in [0.717, 1.165) is 24.0 Å². The number of aliphatic hydroxyl groups is 2. The van der Waals surface area contributed by atoms with Gasteiger partial charge in [-0.15, -0.1) is 0 Å². The number of sulfone groups is 1. The van der Waals surface area contributed by atoms with Gasteiger partial charge < -0.3 is 24.8 Å². The first-order chi connectivity index (χ1) is 17.2. The highest BCUT2D eigenvalue weighted by Crippen LogP contribution is 2.35. The van der Waals surface area contributed by atoms with E-state index in [9.17, 15) is 23.7 Å². The maximum atomic E-state index is 12.7. The Balaban J connectivity index is 1.82. The zero-order valence-electron chi connectivity index (χ0n) is 20.5. The van der Waals surface area contributed by atoms with Crippen molar-refractivity contribution >= 4 is 38.5 Å².